The number of rotatable bonds is 1. The highest BCUT2D eigenvalue weighted by Gasteiger charge is 2.53. The second-order valence-corrected chi connectivity index (χ2v) is 11.8. The Bertz CT molecular complexity index is 1120. The van der Waals surface area contributed by atoms with Gasteiger partial charge in [0.05, 0.1) is 6.04 Å². The molecule has 2 amide bonds. The molecule has 0 unspecified atom stereocenters. The maximum atomic E-state index is 13.0. The molecule has 2 saturated carbocycles. The van der Waals surface area contributed by atoms with Crippen molar-refractivity contribution in [1.29, 1.82) is 0 Å². The zero-order chi connectivity index (χ0) is 26.4. The predicted molar refractivity (Wildman–Crippen MR) is 139 cm³/mol. The summed E-state index contributed by atoms with van der Waals surface area (Å²) in [5, 5.41) is 13.7. The molecule has 0 spiro atoms. The van der Waals surface area contributed by atoms with Crippen LogP contribution in [0.3, 0.4) is 0 Å². The Morgan fingerprint density at radius 2 is 1.76 bits per heavy atom. The normalized spacial score (nSPS) is 43.7. The minimum atomic E-state index is -0.624. The maximum absolute atomic E-state index is 13.0. The van der Waals surface area contributed by atoms with Gasteiger partial charge in [-0.2, -0.15) is 0 Å². The van der Waals surface area contributed by atoms with Crippen LogP contribution in [0.2, 0.25) is 0 Å². The lowest BCUT2D eigenvalue weighted by molar-refractivity contribution is -0.125. The van der Waals surface area contributed by atoms with E-state index in [-0.39, 0.29) is 52.5 Å². The molecule has 5 aliphatic rings. The van der Waals surface area contributed by atoms with E-state index in [0.717, 1.165) is 19.3 Å². The number of nitrogens with zero attached hydrogens (tertiary/aromatic N) is 1. The van der Waals surface area contributed by atoms with Crippen LogP contribution in [0.1, 0.15) is 46.0 Å². The first-order valence-electron chi connectivity index (χ1n) is 13.7. The fourth-order valence-corrected chi connectivity index (χ4v) is 8.10. The van der Waals surface area contributed by atoms with Gasteiger partial charge in [-0.05, 0) is 92.6 Å². The van der Waals surface area contributed by atoms with Crippen molar-refractivity contribution in [3.05, 3.63) is 47.8 Å². The van der Waals surface area contributed by atoms with Crippen molar-refractivity contribution in [2.24, 2.45) is 47.3 Å². The van der Waals surface area contributed by atoms with E-state index in [2.05, 4.69) is 24.4 Å². The second-order valence-electron chi connectivity index (χ2n) is 11.8. The molecule has 3 fully saturated rings. The lowest BCUT2D eigenvalue weighted by Crippen LogP contribution is -2.33. The van der Waals surface area contributed by atoms with E-state index >= 15 is 0 Å². The number of carbonyl (C=O) groups is 4. The number of likely N-dealkylation sites (tertiary alicyclic amines) is 1. The molecule has 0 radical (unpaired) electrons. The van der Waals surface area contributed by atoms with Gasteiger partial charge in [-0.1, -0.05) is 31.2 Å². The van der Waals surface area contributed by atoms with E-state index in [1.165, 1.54) is 4.90 Å². The van der Waals surface area contributed by atoms with Crippen LogP contribution >= 0.6 is 0 Å². The third kappa shape index (κ3) is 4.51. The zero-order valence-corrected chi connectivity index (χ0v) is 21.9. The van der Waals surface area contributed by atoms with Gasteiger partial charge in [-0.25, -0.2) is 0 Å². The van der Waals surface area contributed by atoms with Crippen LogP contribution in [-0.4, -0.2) is 53.0 Å². The summed E-state index contributed by atoms with van der Waals surface area (Å²) in [5.74, 6) is 1.30. The first-order valence-corrected chi connectivity index (χ1v) is 13.7. The van der Waals surface area contributed by atoms with Gasteiger partial charge in [0.15, 0.2) is 5.78 Å². The summed E-state index contributed by atoms with van der Waals surface area (Å²) in [6.45, 7) is 4.32. The Labute approximate surface area is 218 Å². The smallest absolute Gasteiger partial charge is 0.261 e. The number of Topliss-reactive ketones (excluding diaryl/α,β-unsaturated/α-hetero) is 2. The molecule has 2 N–H and O–H groups in total. The van der Waals surface area contributed by atoms with E-state index < -0.39 is 11.9 Å². The Kier molecular flexibility index (Phi) is 6.99. The molecule has 198 valence electrons. The molecule has 0 aromatic rings. The SMILES string of the molecule is CC(=O)[C@H]1[C@@H]2C=C[C@@H]3[C@H]4C/C=C\C(=O)NCCC[C@H]5C(=O)/C(=C(O)\C=C\[C@@H]4C[C@@H]3[C@H]2C[C@H]1C)C(=O)N5C. The minimum Gasteiger partial charge on any atom is -0.507 e. The van der Waals surface area contributed by atoms with Gasteiger partial charge in [0.2, 0.25) is 5.91 Å². The Hall–Kier alpha value is -2.96. The number of aliphatic hydroxyl groups is 1. The zero-order valence-electron chi connectivity index (χ0n) is 21.9. The summed E-state index contributed by atoms with van der Waals surface area (Å²) < 4.78 is 0. The Morgan fingerprint density at radius 3 is 2.51 bits per heavy atom. The largest absolute Gasteiger partial charge is 0.507 e. The van der Waals surface area contributed by atoms with Crippen LogP contribution in [-0.2, 0) is 19.2 Å². The fourth-order valence-electron chi connectivity index (χ4n) is 8.10. The van der Waals surface area contributed by atoms with Gasteiger partial charge < -0.3 is 15.3 Å². The minimum absolute atomic E-state index is 0.0754. The first-order chi connectivity index (χ1) is 17.7. The number of ketones is 2. The van der Waals surface area contributed by atoms with Crippen molar-refractivity contribution >= 4 is 23.4 Å². The monoisotopic (exact) mass is 506 g/mol. The van der Waals surface area contributed by atoms with Crippen LogP contribution in [0.15, 0.2) is 47.8 Å². The topological polar surface area (TPSA) is 104 Å². The lowest BCUT2D eigenvalue weighted by Gasteiger charge is -2.35. The summed E-state index contributed by atoms with van der Waals surface area (Å²) in [6.07, 6.45) is 15.3. The van der Waals surface area contributed by atoms with E-state index in [1.54, 1.807) is 26.1 Å². The summed E-state index contributed by atoms with van der Waals surface area (Å²) in [5.41, 5.74) is -0.138. The predicted octanol–water partition coefficient (Wildman–Crippen LogP) is 3.54. The Morgan fingerprint density at radius 1 is 1.03 bits per heavy atom. The molecule has 0 aromatic carbocycles. The van der Waals surface area contributed by atoms with Crippen molar-refractivity contribution in [3.63, 3.8) is 0 Å². The standard InChI is InChI=1S/C30H38N2O5/c1-16-14-22-21(27(16)17(2)33)11-10-20-19-6-4-8-26(35)31-13-5-7-24-29(36)28(30(37)32(24)3)25(34)12-9-18(19)15-23(20)22/h4,8-12,16,18-24,27,34H,5-7,13-15H2,1-3H3,(H,31,35)/b8-4-,12-9+,28-25-/t16-,18-,19+,20-,21-,22+,23+,24+,27+/m1/s1. The number of likely N-dealkylation sites (N-methyl/N-ethyl adjacent to an activating group) is 1. The number of nitrogens with one attached hydrogen (secondary N) is 1. The van der Waals surface area contributed by atoms with E-state index in [1.807, 2.05) is 12.2 Å². The van der Waals surface area contributed by atoms with Crippen LogP contribution in [0.25, 0.3) is 0 Å². The molecule has 7 nitrogen and oxygen atoms in total. The molecular weight excluding hydrogens is 468 g/mol. The lowest BCUT2D eigenvalue weighted by atomic mass is 9.69. The van der Waals surface area contributed by atoms with Crippen LogP contribution in [0.5, 0.6) is 0 Å². The number of hydrogen-bond acceptors (Lipinski definition) is 5. The number of aliphatic hydroxyl groups excluding tert-OH is 1. The molecule has 1 saturated heterocycles. The molecule has 5 rings (SSSR count). The molecule has 7 heteroatoms. The molecule has 9 atom stereocenters. The van der Waals surface area contributed by atoms with Crippen LogP contribution < -0.4 is 5.32 Å². The molecule has 0 aromatic heterocycles. The summed E-state index contributed by atoms with van der Waals surface area (Å²) >= 11 is 0. The molecular formula is C30H38N2O5. The maximum Gasteiger partial charge on any atom is 0.261 e. The van der Waals surface area contributed by atoms with Crippen molar-refractivity contribution in [2.45, 2.75) is 52.0 Å². The average molecular weight is 507 g/mol. The highest BCUT2D eigenvalue weighted by Crippen LogP contribution is 2.58. The van der Waals surface area contributed by atoms with Gasteiger partial charge in [0, 0.05) is 19.5 Å². The summed E-state index contributed by atoms with van der Waals surface area (Å²) in [7, 11) is 1.59. The molecule has 2 aliphatic heterocycles. The highest BCUT2D eigenvalue weighted by atomic mass is 16.3. The van der Waals surface area contributed by atoms with Gasteiger partial charge >= 0.3 is 0 Å². The summed E-state index contributed by atoms with van der Waals surface area (Å²) in [4.78, 5) is 52.0. The van der Waals surface area contributed by atoms with Gasteiger partial charge in [-0.15, -0.1) is 0 Å². The van der Waals surface area contributed by atoms with Gasteiger partial charge in [0.25, 0.3) is 5.91 Å². The van der Waals surface area contributed by atoms with Gasteiger partial charge in [0.1, 0.15) is 17.1 Å². The molecule has 3 aliphatic carbocycles. The number of carbonyl (C=O) groups excluding carboxylic acids is 4. The van der Waals surface area contributed by atoms with E-state index in [0.29, 0.717) is 43.1 Å². The van der Waals surface area contributed by atoms with E-state index in [4.69, 9.17) is 0 Å². The number of fused-ring (bicyclic) bond motifs is 7. The average Bonchev–Trinajstić information content (AvgIpc) is 3.44. The second kappa shape index (κ2) is 10.1. The van der Waals surface area contributed by atoms with Crippen molar-refractivity contribution in [3.8, 4) is 0 Å². The third-order valence-electron chi connectivity index (χ3n) is 9.76. The number of allylic oxidation sites excluding steroid dienone is 5. The highest BCUT2D eigenvalue weighted by molar-refractivity contribution is 6.26. The van der Waals surface area contributed by atoms with E-state index in [9.17, 15) is 24.3 Å². The van der Waals surface area contributed by atoms with Crippen molar-refractivity contribution in [2.75, 3.05) is 13.6 Å². The van der Waals surface area contributed by atoms with Crippen LogP contribution in [0.4, 0.5) is 0 Å². The molecule has 2 bridgehead atoms. The van der Waals surface area contributed by atoms with Crippen molar-refractivity contribution in [1.82, 2.24) is 10.2 Å². The fraction of sp³-hybridized carbons (Fsp3) is 0.600. The Balaban J connectivity index is 1.48. The first kappa shape index (κ1) is 25.7. The third-order valence-corrected chi connectivity index (χ3v) is 9.76. The molecule has 37 heavy (non-hydrogen) atoms. The van der Waals surface area contributed by atoms with Crippen LogP contribution in [0, 0.1) is 47.3 Å². The number of amides is 2. The summed E-state index contributed by atoms with van der Waals surface area (Å²) in [6, 6.07) is -0.624. The molecule has 2 heterocycles. The van der Waals surface area contributed by atoms with Crippen molar-refractivity contribution < 1.29 is 24.3 Å². The quantitative estimate of drug-likeness (QED) is 0.418. The number of hydrogen-bond donors (Lipinski definition) is 2. The van der Waals surface area contributed by atoms with Gasteiger partial charge in [-0.3, -0.25) is 19.2 Å².